The molecule has 1 unspecified atom stereocenters. The molecule has 0 bridgehead atoms. The van der Waals surface area contributed by atoms with Crippen LogP contribution in [0.1, 0.15) is 12.6 Å². The maximum absolute atomic E-state index is 12.4. The summed E-state index contributed by atoms with van der Waals surface area (Å²) in [7, 11) is 3.94. The molecular formula is C19H22N4O2. The van der Waals surface area contributed by atoms with Crippen molar-refractivity contribution in [1.82, 2.24) is 15.1 Å². The first-order valence-corrected chi connectivity index (χ1v) is 8.17. The van der Waals surface area contributed by atoms with E-state index < -0.39 is 6.10 Å². The number of aromatic amines is 1. The zero-order chi connectivity index (χ0) is 17.8. The maximum atomic E-state index is 12.4. The van der Waals surface area contributed by atoms with Gasteiger partial charge in [-0.05, 0) is 32.5 Å². The molecular weight excluding hydrogens is 316 g/mol. The van der Waals surface area contributed by atoms with E-state index in [9.17, 15) is 4.79 Å². The summed E-state index contributed by atoms with van der Waals surface area (Å²) >= 11 is 0. The maximum Gasteiger partial charge on any atom is 0.266 e. The summed E-state index contributed by atoms with van der Waals surface area (Å²) in [5.41, 5.74) is 0.933. The highest BCUT2D eigenvalue weighted by Crippen LogP contribution is 2.26. The van der Waals surface area contributed by atoms with Gasteiger partial charge in [-0.1, -0.05) is 36.4 Å². The summed E-state index contributed by atoms with van der Waals surface area (Å²) in [4.78, 5) is 14.4. The van der Waals surface area contributed by atoms with Gasteiger partial charge in [0.1, 0.15) is 5.75 Å². The highest BCUT2D eigenvalue weighted by molar-refractivity contribution is 5.94. The molecule has 25 heavy (non-hydrogen) atoms. The number of carbonyl (C=O) groups is 1. The van der Waals surface area contributed by atoms with Gasteiger partial charge in [-0.2, -0.15) is 5.10 Å². The Hall–Kier alpha value is -2.86. The lowest BCUT2D eigenvalue weighted by molar-refractivity contribution is -0.122. The van der Waals surface area contributed by atoms with Gasteiger partial charge in [-0.3, -0.25) is 9.89 Å². The Balaban J connectivity index is 1.67. The van der Waals surface area contributed by atoms with Gasteiger partial charge in [0.15, 0.2) is 11.9 Å². The molecule has 2 aromatic carbocycles. The molecule has 1 aromatic heterocycles. The molecule has 2 N–H and O–H groups in total. The van der Waals surface area contributed by atoms with E-state index >= 15 is 0 Å². The number of nitrogens with one attached hydrogen (secondary N) is 2. The van der Waals surface area contributed by atoms with Gasteiger partial charge in [0.2, 0.25) is 0 Å². The third-order valence-electron chi connectivity index (χ3n) is 3.79. The van der Waals surface area contributed by atoms with E-state index in [0.29, 0.717) is 11.6 Å². The molecule has 1 atom stereocenters. The fraction of sp³-hybridized carbons (Fsp3) is 0.263. The SMILES string of the molecule is CC(Oc1cccc2ccccc12)C(=O)Nc1cc(CN(C)C)[nH]n1. The quantitative estimate of drug-likeness (QED) is 0.725. The number of anilines is 1. The van der Waals surface area contributed by atoms with Gasteiger partial charge in [0.25, 0.3) is 5.91 Å². The minimum Gasteiger partial charge on any atom is -0.480 e. The van der Waals surface area contributed by atoms with Crippen molar-refractivity contribution in [1.29, 1.82) is 0 Å². The number of rotatable bonds is 6. The molecule has 130 valence electrons. The minimum atomic E-state index is -0.639. The van der Waals surface area contributed by atoms with Gasteiger partial charge in [0.05, 0.1) is 5.69 Å². The normalized spacial score (nSPS) is 12.3. The summed E-state index contributed by atoms with van der Waals surface area (Å²) in [5, 5.41) is 11.9. The molecule has 1 heterocycles. The number of hydrogen-bond donors (Lipinski definition) is 2. The number of ether oxygens (including phenoxy) is 1. The zero-order valence-electron chi connectivity index (χ0n) is 14.6. The lowest BCUT2D eigenvalue weighted by atomic mass is 10.1. The van der Waals surface area contributed by atoms with Crippen molar-refractivity contribution in [3.63, 3.8) is 0 Å². The van der Waals surface area contributed by atoms with Crippen LogP contribution in [0.2, 0.25) is 0 Å². The van der Waals surface area contributed by atoms with Gasteiger partial charge in [-0.25, -0.2) is 0 Å². The lowest BCUT2D eigenvalue weighted by Crippen LogP contribution is -2.30. The van der Waals surface area contributed by atoms with Crippen LogP contribution in [0.3, 0.4) is 0 Å². The number of amides is 1. The largest absolute Gasteiger partial charge is 0.480 e. The average molecular weight is 338 g/mol. The Labute approximate surface area is 146 Å². The summed E-state index contributed by atoms with van der Waals surface area (Å²) in [5.74, 6) is 0.946. The van der Waals surface area contributed by atoms with Gasteiger partial charge < -0.3 is 15.0 Å². The first kappa shape index (κ1) is 17.0. The average Bonchev–Trinajstić information content (AvgIpc) is 3.01. The third kappa shape index (κ3) is 4.16. The van der Waals surface area contributed by atoms with Crippen molar-refractivity contribution in [2.45, 2.75) is 19.6 Å². The van der Waals surface area contributed by atoms with Crippen molar-refractivity contribution in [2.24, 2.45) is 0 Å². The second kappa shape index (κ2) is 7.36. The van der Waals surface area contributed by atoms with Crippen molar-refractivity contribution in [3.8, 4) is 5.75 Å². The van der Waals surface area contributed by atoms with Crippen LogP contribution < -0.4 is 10.1 Å². The molecule has 0 aliphatic heterocycles. The Kier molecular flexibility index (Phi) is 5.00. The summed E-state index contributed by atoms with van der Waals surface area (Å²) < 4.78 is 5.87. The molecule has 3 aromatic rings. The van der Waals surface area contributed by atoms with Crippen molar-refractivity contribution in [2.75, 3.05) is 19.4 Å². The summed E-state index contributed by atoms with van der Waals surface area (Å²) in [6.45, 7) is 2.45. The molecule has 0 saturated heterocycles. The summed E-state index contributed by atoms with van der Waals surface area (Å²) in [6, 6.07) is 15.6. The van der Waals surface area contributed by atoms with E-state index in [4.69, 9.17) is 4.74 Å². The topological polar surface area (TPSA) is 70.2 Å². The number of carbonyl (C=O) groups excluding carboxylic acids is 1. The van der Waals surface area contributed by atoms with Crippen molar-refractivity contribution in [3.05, 3.63) is 54.2 Å². The molecule has 1 amide bonds. The van der Waals surface area contributed by atoms with Crippen LogP contribution >= 0.6 is 0 Å². The van der Waals surface area contributed by atoms with Gasteiger partial charge >= 0.3 is 0 Å². The Morgan fingerprint density at radius 2 is 2.00 bits per heavy atom. The highest BCUT2D eigenvalue weighted by atomic mass is 16.5. The Morgan fingerprint density at radius 1 is 1.24 bits per heavy atom. The predicted octanol–water partition coefficient (Wildman–Crippen LogP) is 3.03. The van der Waals surface area contributed by atoms with Crippen molar-refractivity contribution < 1.29 is 9.53 Å². The lowest BCUT2D eigenvalue weighted by Gasteiger charge is -2.15. The fourth-order valence-corrected chi connectivity index (χ4v) is 2.62. The van der Waals surface area contributed by atoms with E-state index in [0.717, 1.165) is 23.0 Å². The van der Waals surface area contributed by atoms with Crippen LogP contribution in [0, 0.1) is 0 Å². The minimum absolute atomic E-state index is 0.240. The van der Waals surface area contributed by atoms with Crippen LogP contribution in [0.4, 0.5) is 5.82 Å². The van der Waals surface area contributed by atoms with Crippen LogP contribution in [0.25, 0.3) is 10.8 Å². The molecule has 0 fully saturated rings. The monoisotopic (exact) mass is 338 g/mol. The molecule has 6 nitrogen and oxygen atoms in total. The summed E-state index contributed by atoms with van der Waals surface area (Å²) in [6.07, 6.45) is -0.639. The Morgan fingerprint density at radius 3 is 2.80 bits per heavy atom. The molecule has 0 aliphatic rings. The molecule has 0 radical (unpaired) electrons. The number of hydrogen-bond acceptors (Lipinski definition) is 4. The molecule has 6 heteroatoms. The van der Waals surface area contributed by atoms with Crippen LogP contribution in [-0.2, 0) is 11.3 Å². The fourth-order valence-electron chi connectivity index (χ4n) is 2.62. The van der Waals surface area contributed by atoms with E-state index in [1.807, 2.05) is 67.5 Å². The number of H-pyrrole nitrogens is 1. The number of fused-ring (bicyclic) bond motifs is 1. The first-order chi connectivity index (χ1) is 12.0. The standard InChI is InChI=1S/C19H22N4O2/c1-13(19(24)20-18-11-15(21-22-18)12-23(2)3)25-17-10-6-8-14-7-4-5-9-16(14)17/h4-11,13H,12H2,1-3H3,(H2,20,21,22,24). The first-order valence-electron chi connectivity index (χ1n) is 8.17. The van der Waals surface area contributed by atoms with Gasteiger partial charge in [0, 0.05) is 18.0 Å². The van der Waals surface area contributed by atoms with Crippen LogP contribution in [0.15, 0.2) is 48.5 Å². The van der Waals surface area contributed by atoms with Gasteiger partial charge in [-0.15, -0.1) is 0 Å². The van der Waals surface area contributed by atoms with E-state index in [1.165, 1.54) is 0 Å². The second-order valence-electron chi connectivity index (χ2n) is 6.24. The molecule has 3 rings (SSSR count). The highest BCUT2D eigenvalue weighted by Gasteiger charge is 2.17. The predicted molar refractivity (Wildman–Crippen MR) is 98.6 cm³/mol. The molecule has 0 saturated carbocycles. The number of benzene rings is 2. The van der Waals surface area contributed by atoms with Crippen LogP contribution in [0.5, 0.6) is 5.75 Å². The number of aromatic nitrogens is 2. The smallest absolute Gasteiger partial charge is 0.266 e. The van der Waals surface area contributed by atoms with Crippen molar-refractivity contribution >= 4 is 22.5 Å². The van der Waals surface area contributed by atoms with E-state index in [-0.39, 0.29) is 5.91 Å². The number of nitrogens with zero attached hydrogens (tertiary/aromatic N) is 2. The second-order valence-corrected chi connectivity index (χ2v) is 6.24. The third-order valence-corrected chi connectivity index (χ3v) is 3.79. The Bertz CT molecular complexity index is 867. The molecule has 0 spiro atoms. The molecule has 0 aliphatic carbocycles. The van der Waals surface area contributed by atoms with Crippen LogP contribution in [-0.4, -0.2) is 41.2 Å². The van der Waals surface area contributed by atoms with E-state index in [2.05, 4.69) is 15.5 Å². The zero-order valence-corrected chi connectivity index (χ0v) is 14.6. The van der Waals surface area contributed by atoms with E-state index in [1.54, 1.807) is 6.92 Å².